The lowest BCUT2D eigenvalue weighted by atomic mass is 10.1. The van der Waals surface area contributed by atoms with Gasteiger partial charge in [-0.15, -0.1) is 21.8 Å². The number of aryl methyl sites for hydroxylation is 1. The zero-order chi connectivity index (χ0) is 18.2. The summed E-state index contributed by atoms with van der Waals surface area (Å²) in [4.78, 5) is 35.9. The molecule has 7 nitrogen and oxygen atoms in total. The third-order valence-corrected chi connectivity index (χ3v) is 4.13. The van der Waals surface area contributed by atoms with Crippen molar-refractivity contribution in [1.29, 1.82) is 0 Å². The van der Waals surface area contributed by atoms with Crippen LogP contribution in [0.4, 0.5) is 5.13 Å². The summed E-state index contributed by atoms with van der Waals surface area (Å²) in [6.07, 6.45) is -1.34. The Labute approximate surface area is 153 Å². The summed E-state index contributed by atoms with van der Waals surface area (Å²) in [7, 11) is 0. The van der Waals surface area contributed by atoms with Gasteiger partial charge in [-0.05, 0) is 6.92 Å². The number of esters is 1. The molecule has 1 atom stereocenters. The first-order valence-electron chi connectivity index (χ1n) is 7.44. The third kappa shape index (κ3) is 5.91. The average molecular weight is 382 g/mol. The lowest BCUT2D eigenvalue weighted by molar-refractivity contribution is -0.147. The number of alkyl halides is 1. The molecule has 0 saturated carbocycles. The van der Waals surface area contributed by atoms with E-state index in [9.17, 15) is 14.4 Å². The van der Waals surface area contributed by atoms with E-state index in [1.807, 2.05) is 0 Å². The van der Waals surface area contributed by atoms with Crippen molar-refractivity contribution in [1.82, 2.24) is 10.2 Å². The van der Waals surface area contributed by atoms with Crippen LogP contribution in [0.25, 0.3) is 0 Å². The minimum absolute atomic E-state index is 0.0913. The number of halogens is 1. The zero-order valence-electron chi connectivity index (χ0n) is 13.4. The molecule has 0 aliphatic heterocycles. The van der Waals surface area contributed by atoms with E-state index in [0.29, 0.717) is 10.7 Å². The average Bonchev–Trinajstić information content (AvgIpc) is 3.02. The van der Waals surface area contributed by atoms with E-state index in [-0.39, 0.29) is 30.4 Å². The van der Waals surface area contributed by atoms with E-state index in [4.69, 9.17) is 16.3 Å². The second kappa shape index (κ2) is 9.24. The van der Waals surface area contributed by atoms with Crippen molar-refractivity contribution in [3.05, 3.63) is 40.9 Å². The molecule has 1 N–H and O–H groups in total. The number of carbonyl (C=O) groups is 3. The number of carbonyl (C=O) groups excluding carboxylic acids is 3. The standard InChI is InChI=1S/C16H16ClN3O4S/c1-10-19-20-16(25-10)18-13(21)7-8-14(22)24-12(9-17)15(23)11-5-3-2-4-6-11/h2-6,12H,7-9H2,1H3,(H,18,20,21)/t12-/m0/s1. The Balaban J connectivity index is 1.81. The number of ketones is 1. The molecule has 132 valence electrons. The zero-order valence-corrected chi connectivity index (χ0v) is 15.0. The van der Waals surface area contributed by atoms with Gasteiger partial charge in [-0.3, -0.25) is 14.4 Å². The van der Waals surface area contributed by atoms with Crippen molar-refractivity contribution in [2.45, 2.75) is 25.9 Å². The number of ether oxygens (including phenoxy) is 1. The van der Waals surface area contributed by atoms with E-state index < -0.39 is 12.1 Å². The van der Waals surface area contributed by atoms with Crippen LogP contribution in [0.1, 0.15) is 28.2 Å². The summed E-state index contributed by atoms with van der Waals surface area (Å²) in [6.45, 7) is 1.76. The molecule has 2 rings (SSSR count). The summed E-state index contributed by atoms with van der Waals surface area (Å²) in [6, 6.07) is 8.43. The monoisotopic (exact) mass is 381 g/mol. The van der Waals surface area contributed by atoms with Gasteiger partial charge in [0, 0.05) is 12.0 Å². The molecule has 0 fully saturated rings. The number of benzene rings is 1. The second-order valence-electron chi connectivity index (χ2n) is 5.04. The summed E-state index contributed by atoms with van der Waals surface area (Å²) in [5, 5.41) is 11.2. The van der Waals surface area contributed by atoms with Gasteiger partial charge in [0.2, 0.25) is 16.8 Å². The Morgan fingerprint density at radius 1 is 1.20 bits per heavy atom. The lowest BCUT2D eigenvalue weighted by Crippen LogP contribution is -2.29. The maximum absolute atomic E-state index is 12.2. The summed E-state index contributed by atoms with van der Waals surface area (Å²) < 4.78 is 5.09. The number of hydrogen-bond acceptors (Lipinski definition) is 7. The fourth-order valence-corrected chi connectivity index (χ4v) is 2.72. The van der Waals surface area contributed by atoms with Crippen LogP contribution in [0.5, 0.6) is 0 Å². The van der Waals surface area contributed by atoms with Gasteiger partial charge in [0.1, 0.15) is 5.01 Å². The van der Waals surface area contributed by atoms with Gasteiger partial charge in [-0.1, -0.05) is 41.7 Å². The molecule has 25 heavy (non-hydrogen) atoms. The number of nitrogens with one attached hydrogen (secondary N) is 1. The highest BCUT2D eigenvalue weighted by Gasteiger charge is 2.23. The van der Waals surface area contributed by atoms with Crippen LogP contribution in [0.15, 0.2) is 30.3 Å². The van der Waals surface area contributed by atoms with E-state index in [1.54, 1.807) is 37.3 Å². The molecule has 0 spiro atoms. The van der Waals surface area contributed by atoms with Gasteiger partial charge in [0.15, 0.2) is 6.10 Å². The number of hydrogen-bond donors (Lipinski definition) is 1. The molecule has 0 radical (unpaired) electrons. The molecular formula is C16H16ClN3O4S. The predicted molar refractivity (Wildman–Crippen MR) is 93.9 cm³/mol. The molecular weight excluding hydrogens is 366 g/mol. The minimum atomic E-state index is -1.08. The van der Waals surface area contributed by atoms with Crippen LogP contribution >= 0.6 is 22.9 Å². The Kier molecular flexibility index (Phi) is 7.03. The van der Waals surface area contributed by atoms with Crippen molar-refractivity contribution < 1.29 is 19.1 Å². The highest BCUT2D eigenvalue weighted by molar-refractivity contribution is 7.15. The Bertz CT molecular complexity index is 751. The number of Topliss-reactive ketones (excluding diaryl/α,β-unsaturated/α-hetero) is 1. The van der Waals surface area contributed by atoms with Crippen molar-refractivity contribution >= 4 is 45.7 Å². The number of nitrogens with zero attached hydrogens (tertiary/aromatic N) is 2. The van der Waals surface area contributed by atoms with Crippen LogP contribution in [0, 0.1) is 6.92 Å². The number of rotatable bonds is 8. The van der Waals surface area contributed by atoms with Gasteiger partial charge in [-0.2, -0.15) is 0 Å². The molecule has 1 heterocycles. The molecule has 0 bridgehead atoms. The number of anilines is 1. The number of aromatic nitrogens is 2. The molecule has 2 aromatic rings. The van der Waals surface area contributed by atoms with Gasteiger partial charge in [-0.25, -0.2) is 0 Å². The summed E-state index contributed by atoms with van der Waals surface area (Å²) in [5.41, 5.74) is 0.408. The molecule has 1 aromatic carbocycles. The fourth-order valence-electron chi connectivity index (χ4n) is 1.91. The van der Waals surface area contributed by atoms with Crippen LogP contribution in [-0.4, -0.2) is 39.8 Å². The molecule has 1 amide bonds. The SMILES string of the molecule is Cc1nnc(NC(=O)CCC(=O)O[C@@H](CCl)C(=O)c2ccccc2)s1. The van der Waals surface area contributed by atoms with Gasteiger partial charge in [0.05, 0.1) is 12.3 Å². The topological polar surface area (TPSA) is 98.2 Å². The third-order valence-electron chi connectivity index (χ3n) is 3.09. The maximum Gasteiger partial charge on any atom is 0.307 e. The first kappa shape index (κ1) is 19.0. The van der Waals surface area contributed by atoms with Gasteiger partial charge >= 0.3 is 5.97 Å². The van der Waals surface area contributed by atoms with E-state index in [1.165, 1.54) is 11.3 Å². The van der Waals surface area contributed by atoms with Crippen molar-refractivity contribution in [3.63, 3.8) is 0 Å². The first-order chi connectivity index (χ1) is 12.0. The lowest BCUT2D eigenvalue weighted by Gasteiger charge is -2.14. The molecule has 0 aliphatic rings. The molecule has 1 aromatic heterocycles. The molecule has 0 saturated heterocycles. The van der Waals surface area contributed by atoms with Crippen LogP contribution in [0.2, 0.25) is 0 Å². The van der Waals surface area contributed by atoms with Gasteiger partial charge < -0.3 is 10.1 Å². The molecule has 0 aliphatic carbocycles. The Hall–Kier alpha value is -2.32. The number of amides is 1. The maximum atomic E-state index is 12.2. The van der Waals surface area contributed by atoms with E-state index in [0.717, 1.165) is 5.01 Å². The van der Waals surface area contributed by atoms with Crippen LogP contribution < -0.4 is 5.32 Å². The second-order valence-corrected chi connectivity index (χ2v) is 6.53. The Morgan fingerprint density at radius 3 is 2.52 bits per heavy atom. The highest BCUT2D eigenvalue weighted by atomic mass is 35.5. The summed E-state index contributed by atoms with van der Waals surface area (Å²) >= 11 is 6.97. The first-order valence-corrected chi connectivity index (χ1v) is 8.79. The quantitative estimate of drug-likeness (QED) is 0.428. The molecule has 9 heteroatoms. The summed E-state index contributed by atoms with van der Waals surface area (Å²) in [5.74, 6) is -1.59. The van der Waals surface area contributed by atoms with Crippen molar-refractivity contribution in [2.75, 3.05) is 11.2 Å². The predicted octanol–water partition coefficient (Wildman–Crippen LogP) is 2.60. The van der Waals surface area contributed by atoms with Crippen molar-refractivity contribution in [2.24, 2.45) is 0 Å². The van der Waals surface area contributed by atoms with E-state index in [2.05, 4.69) is 15.5 Å². The van der Waals surface area contributed by atoms with Gasteiger partial charge in [0.25, 0.3) is 0 Å². The van der Waals surface area contributed by atoms with E-state index >= 15 is 0 Å². The van der Waals surface area contributed by atoms with Crippen LogP contribution in [-0.2, 0) is 14.3 Å². The minimum Gasteiger partial charge on any atom is -0.453 e. The highest BCUT2D eigenvalue weighted by Crippen LogP contribution is 2.14. The van der Waals surface area contributed by atoms with Crippen LogP contribution in [0.3, 0.4) is 0 Å². The smallest absolute Gasteiger partial charge is 0.307 e. The normalized spacial score (nSPS) is 11.6. The largest absolute Gasteiger partial charge is 0.453 e. The fraction of sp³-hybridized carbons (Fsp3) is 0.312. The molecule has 0 unspecified atom stereocenters. The Morgan fingerprint density at radius 2 is 1.92 bits per heavy atom. The van der Waals surface area contributed by atoms with Crippen molar-refractivity contribution in [3.8, 4) is 0 Å².